The van der Waals surface area contributed by atoms with Crippen LogP contribution in [-0.4, -0.2) is 8.42 Å². The zero-order chi connectivity index (χ0) is 10.9. The van der Waals surface area contributed by atoms with E-state index in [1.165, 1.54) is 6.07 Å². The summed E-state index contributed by atoms with van der Waals surface area (Å²) in [6.07, 6.45) is 0. The number of hydrogen-bond acceptors (Lipinski definition) is 2. The van der Waals surface area contributed by atoms with E-state index in [0.717, 1.165) is 5.56 Å². The summed E-state index contributed by atoms with van der Waals surface area (Å²) in [6, 6.07) is 4.62. The van der Waals surface area contributed by atoms with Crippen molar-refractivity contribution in [1.82, 2.24) is 0 Å². The minimum atomic E-state index is -4.60. The standard InChI is InChI=1S/C10H13FO2S/c1-7(2)9-6-8(3)4-5-10(9)14(11,12)13/h4-7H,1-3H3. The third kappa shape index (κ3) is 2.32. The lowest BCUT2D eigenvalue weighted by molar-refractivity contribution is 0.549. The first-order valence-electron chi connectivity index (χ1n) is 4.37. The maximum Gasteiger partial charge on any atom is 0.332 e. The summed E-state index contributed by atoms with van der Waals surface area (Å²) in [5.74, 6) is -0.00424. The Morgan fingerprint density at radius 2 is 1.86 bits per heavy atom. The van der Waals surface area contributed by atoms with Crippen LogP contribution in [0.25, 0.3) is 0 Å². The molecule has 2 nitrogen and oxygen atoms in total. The second-order valence-corrected chi connectivity index (χ2v) is 4.95. The van der Waals surface area contributed by atoms with E-state index >= 15 is 0 Å². The number of rotatable bonds is 2. The van der Waals surface area contributed by atoms with Crippen molar-refractivity contribution in [2.75, 3.05) is 0 Å². The molecular formula is C10H13FO2S. The van der Waals surface area contributed by atoms with Crippen molar-refractivity contribution in [2.24, 2.45) is 0 Å². The number of aryl methyl sites for hydroxylation is 1. The monoisotopic (exact) mass is 216 g/mol. The van der Waals surface area contributed by atoms with Gasteiger partial charge in [0, 0.05) is 0 Å². The molecule has 0 bridgehead atoms. The molecule has 4 heteroatoms. The number of hydrogen-bond donors (Lipinski definition) is 0. The van der Waals surface area contributed by atoms with Gasteiger partial charge in [0.25, 0.3) is 0 Å². The highest BCUT2D eigenvalue weighted by molar-refractivity contribution is 7.86. The summed E-state index contributed by atoms with van der Waals surface area (Å²) >= 11 is 0. The zero-order valence-corrected chi connectivity index (χ0v) is 9.23. The predicted molar refractivity (Wildman–Crippen MR) is 53.6 cm³/mol. The van der Waals surface area contributed by atoms with Crippen LogP contribution in [0.5, 0.6) is 0 Å². The molecule has 78 valence electrons. The Bertz CT molecular complexity index is 435. The van der Waals surface area contributed by atoms with Gasteiger partial charge in [0.15, 0.2) is 0 Å². The van der Waals surface area contributed by atoms with Crippen molar-refractivity contribution < 1.29 is 12.3 Å². The molecule has 0 N–H and O–H groups in total. The SMILES string of the molecule is Cc1ccc(S(=O)(=O)F)c(C(C)C)c1. The van der Waals surface area contributed by atoms with Crippen LogP contribution >= 0.6 is 0 Å². The highest BCUT2D eigenvalue weighted by atomic mass is 32.3. The van der Waals surface area contributed by atoms with Gasteiger partial charge in [-0.15, -0.1) is 3.89 Å². The lowest BCUT2D eigenvalue weighted by Crippen LogP contribution is -2.01. The molecule has 1 aromatic rings. The average Bonchev–Trinajstić information content (AvgIpc) is 2.01. The van der Waals surface area contributed by atoms with Crippen LogP contribution in [0.3, 0.4) is 0 Å². The molecule has 0 aliphatic rings. The van der Waals surface area contributed by atoms with E-state index in [1.807, 2.05) is 20.8 Å². The van der Waals surface area contributed by atoms with Gasteiger partial charge < -0.3 is 0 Å². The van der Waals surface area contributed by atoms with Crippen LogP contribution in [0.2, 0.25) is 0 Å². The molecule has 0 aromatic heterocycles. The van der Waals surface area contributed by atoms with E-state index in [2.05, 4.69) is 0 Å². The van der Waals surface area contributed by atoms with Crippen molar-refractivity contribution in [3.8, 4) is 0 Å². The van der Waals surface area contributed by atoms with Crippen LogP contribution in [0, 0.1) is 6.92 Å². The molecule has 0 saturated heterocycles. The van der Waals surface area contributed by atoms with Crippen LogP contribution < -0.4 is 0 Å². The van der Waals surface area contributed by atoms with Crippen molar-refractivity contribution in [1.29, 1.82) is 0 Å². The Morgan fingerprint density at radius 1 is 1.29 bits per heavy atom. The summed E-state index contributed by atoms with van der Waals surface area (Å²) in [6.45, 7) is 5.52. The first kappa shape index (κ1) is 11.2. The van der Waals surface area contributed by atoms with E-state index in [1.54, 1.807) is 12.1 Å². The Hall–Kier alpha value is -0.900. The third-order valence-electron chi connectivity index (χ3n) is 2.05. The van der Waals surface area contributed by atoms with E-state index in [4.69, 9.17) is 0 Å². The van der Waals surface area contributed by atoms with E-state index in [9.17, 15) is 12.3 Å². The van der Waals surface area contributed by atoms with Gasteiger partial charge in [-0.1, -0.05) is 31.5 Å². The van der Waals surface area contributed by atoms with Crippen molar-refractivity contribution in [3.05, 3.63) is 29.3 Å². The van der Waals surface area contributed by atoms with Crippen LogP contribution in [0.1, 0.15) is 30.9 Å². The maximum absolute atomic E-state index is 12.8. The molecule has 0 saturated carbocycles. The first-order valence-corrected chi connectivity index (χ1v) is 5.76. The van der Waals surface area contributed by atoms with Gasteiger partial charge in [-0.25, -0.2) is 0 Å². The molecule has 0 spiro atoms. The van der Waals surface area contributed by atoms with Gasteiger partial charge in [-0.3, -0.25) is 0 Å². The fourth-order valence-corrected chi connectivity index (χ4v) is 2.15. The number of benzene rings is 1. The highest BCUT2D eigenvalue weighted by Gasteiger charge is 2.18. The predicted octanol–water partition coefficient (Wildman–Crippen LogP) is 2.78. The molecular weight excluding hydrogens is 203 g/mol. The average molecular weight is 216 g/mol. The third-order valence-corrected chi connectivity index (χ3v) is 2.95. The van der Waals surface area contributed by atoms with Gasteiger partial charge in [0.1, 0.15) is 4.90 Å². The Morgan fingerprint density at radius 3 is 2.29 bits per heavy atom. The van der Waals surface area contributed by atoms with Gasteiger partial charge in [0.2, 0.25) is 0 Å². The van der Waals surface area contributed by atoms with Crippen molar-refractivity contribution in [2.45, 2.75) is 31.6 Å². The first-order chi connectivity index (χ1) is 6.32. The lowest BCUT2D eigenvalue weighted by Gasteiger charge is -2.10. The van der Waals surface area contributed by atoms with Crippen LogP contribution in [0.15, 0.2) is 23.1 Å². The van der Waals surface area contributed by atoms with Crippen molar-refractivity contribution >= 4 is 10.2 Å². The van der Waals surface area contributed by atoms with Gasteiger partial charge in [-0.2, -0.15) is 8.42 Å². The lowest BCUT2D eigenvalue weighted by atomic mass is 10.0. The molecule has 1 aromatic carbocycles. The largest absolute Gasteiger partial charge is 0.332 e. The van der Waals surface area contributed by atoms with E-state index in [0.29, 0.717) is 5.56 Å². The second-order valence-electron chi connectivity index (χ2n) is 3.63. The molecule has 0 aliphatic carbocycles. The van der Waals surface area contributed by atoms with Gasteiger partial charge >= 0.3 is 10.2 Å². The fraction of sp³-hybridized carbons (Fsp3) is 0.400. The van der Waals surface area contributed by atoms with E-state index < -0.39 is 10.2 Å². The molecule has 0 heterocycles. The normalized spacial score (nSPS) is 12.1. The molecule has 0 fully saturated rings. The Balaban J connectivity index is 3.45. The summed E-state index contributed by atoms with van der Waals surface area (Å²) in [7, 11) is -4.60. The minimum Gasteiger partial charge on any atom is -0.189 e. The summed E-state index contributed by atoms with van der Waals surface area (Å²) < 4.78 is 34.5. The Labute approximate surface area is 84.0 Å². The highest BCUT2D eigenvalue weighted by Crippen LogP contribution is 2.25. The van der Waals surface area contributed by atoms with E-state index in [-0.39, 0.29) is 10.8 Å². The summed E-state index contributed by atoms with van der Waals surface area (Å²) in [5.41, 5.74) is 1.47. The van der Waals surface area contributed by atoms with Crippen LogP contribution in [0.4, 0.5) is 3.89 Å². The van der Waals surface area contributed by atoms with Crippen molar-refractivity contribution in [3.63, 3.8) is 0 Å². The quantitative estimate of drug-likeness (QED) is 0.712. The smallest absolute Gasteiger partial charge is 0.189 e. The van der Waals surface area contributed by atoms with Crippen LogP contribution in [-0.2, 0) is 10.2 Å². The van der Waals surface area contributed by atoms with Gasteiger partial charge in [0.05, 0.1) is 0 Å². The Kier molecular flexibility index (Phi) is 2.95. The van der Waals surface area contributed by atoms with Gasteiger partial charge in [-0.05, 0) is 24.5 Å². The second kappa shape index (κ2) is 3.69. The molecule has 0 aliphatic heterocycles. The fourth-order valence-electron chi connectivity index (χ4n) is 1.34. The molecule has 0 atom stereocenters. The molecule has 0 amide bonds. The maximum atomic E-state index is 12.8. The molecule has 0 radical (unpaired) electrons. The molecule has 0 unspecified atom stereocenters. The topological polar surface area (TPSA) is 34.1 Å². The molecule has 1 rings (SSSR count). The summed E-state index contributed by atoms with van der Waals surface area (Å²) in [4.78, 5) is -0.210. The molecule has 14 heavy (non-hydrogen) atoms. The number of halogens is 1. The summed E-state index contributed by atoms with van der Waals surface area (Å²) in [5, 5.41) is 0. The zero-order valence-electron chi connectivity index (χ0n) is 8.41. The minimum absolute atomic E-state index is 0.00424.